The number of likely N-dealkylation sites (N-methyl/N-ethyl adjacent to an activating group) is 1. The van der Waals surface area contributed by atoms with Crippen LogP contribution in [0.15, 0.2) is 34.1 Å². The highest BCUT2D eigenvalue weighted by Crippen LogP contribution is 2.42. The van der Waals surface area contributed by atoms with Crippen LogP contribution in [0.1, 0.15) is 95.4 Å². The number of hydrogen-bond acceptors (Lipinski definition) is 13. The standard InChI is InChI=1S/C27H43N3O6S.C25H41N3O5S/c1-7-28-11-8-27(19-28)9-12-29(13-10-27)23(31)16-35-24-17-36-26(4,5)18-30(24)37(32,33)25-20(2)14-22(34-6)15-21(25)3;1-19(2)28-12-9-25(18-28)7-10-27(11-8-25)23(29)17-33-14-13-26(5)34(30,31)24-20(3)15-22(32-6)16-21(24)4/h14-15,24H,7-13,16-19H2,1-6H3;15-16,19H,7-14,17-18H2,1-6H3. The van der Waals surface area contributed by atoms with Crippen LogP contribution in [0.2, 0.25) is 0 Å². The first-order chi connectivity index (χ1) is 33.4. The molecule has 5 aliphatic rings. The third-order valence-corrected chi connectivity index (χ3v) is 20.0. The molecule has 1 atom stereocenters. The number of carbonyl (C=O) groups is 2. The monoisotopic (exact) mass is 1030 g/mol. The zero-order chi connectivity index (χ0) is 52.1. The van der Waals surface area contributed by atoms with Gasteiger partial charge < -0.3 is 43.3 Å². The summed E-state index contributed by atoms with van der Waals surface area (Å²) in [6.07, 6.45) is 5.64. The van der Waals surface area contributed by atoms with Gasteiger partial charge in [0.2, 0.25) is 31.9 Å². The second kappa shape index (κ2) is 23.4. The van der Waals surface area contributed by atoms with Crippen LogP contribution in [-0.2, 0) is 43.8 Å². The lowest BCUT2D eigenvalue weighted by molar-refractivity contribution is -0.175. The smallest absolute Gasteiger partial charge is 0.248 e. The maximum Gasteiger partial charge on any atom is 0.248 e. The average Bonchev–Trinajstić information content (AvgIpc) is 3.93. The number of morpholine rings is 1. The van der Waals surface area contributed by atoms with Crippen LogP contribution in [0.4, 0.5) is 0 Å². The molecule has 0 aliphatic carbocycles. The molecule has 5 fully saturated rings. The fraction of sp³-hybridized carbons (Fsp3) is 0.731. The Morgan fingerprint density at radius 1 is 0.718 bits per heavy atom. The van der Waals surface area contributed by atoms with Crippen molar-refractivity contribution in [1.82, 2.24) is 28.2 Å². The second-order valence-corrected chi connectivity index (χ2v) is 25.5. The molecule has 0 N–H and O–H groups in total. The highest BCUT2D eigenvalue weighted by Gasteiger charge is 2.45. The van der Waals surface area contributed by atoms with E-state index in [1.165, 1.54) is 28.5 Å². The Hall–Kier alpha value is -3.40. The average molecular weight is 1030 g/mol. The number of rotatable bonds is 16. The van der Waals surface area contributed by atoms with Crippen molar-refractivity contribution in [2.45, 2.75) is 129 Å². The summed E-state index contributed by atoms with van der Waals surface area (Å²) in [5, 5.41) is 0. The van der Waals surface area contributed by atoms with E-state index in [0.29, 0.717) is 50.6 Å². The van der Waals surface area contributed by atoms with E-state index in [1.807, 2.05) is 23.6 Å². The van der Waals surface area contributed by atoms with Crippen molar-refractivity contribution < 1.29 is 50.1 Å². The van der Waals surface area contributed by atoms with Crippen LogP contribution in [0, 0.1) is 38.5 Å². The highest BCUT2D eigenvalue weighted by atomic mass is 32.2. The van der Waals surface area contributed by atoms with Gasteiger partial charge in [0.1, 0.15) is 30.9 Å². The Morgan fingerprint density at radius 2 is 1.20 bits per heavy atom. The summed E-state index contributed by atoms with van der Waals surface area (Å²) in [6.45, 7) is 26.4. The summed E-state index contributed by atoms with van der Waals surface area (Å²) in [4.78, 5) is 35.0. The molecule has 0 bridgehead atoms. The third-order valence-electron chi connectivity index (χ3n) is 15.7. The van der Waals surface area contributed by atoms with Gasteiger partial charge in [-0.25, -0.2) is 16.8 Å². The van der Waals surface area contributed by atoms with Crippen molar-refractivity contribution in [1.29, 1.82) is 0 Å². The van der Waals surface area contributed by atoms with Crippen LogP contribution >= 0.6 is 0 Å². The van der Waals surface area contributed by atoms with Crippen molar-refractivity contribution in [2.24, 2.45) is 10.8 Å². The molecule has 19 heteroatoms. The molecule has 5 heterocycles. The molecular formula is C52H84N6O11S2. The molecule has 17 nitrogen and oxygen atoms in total. The zero-order valence-electron chi connectivity index (χ0n) is 44.8. The maximum absolute atomic E-state index is 13.9. The van der Waals surface area contributed by atoms with Crippen molar-refractivity contribution in [3.63, 3.8) is 0 Å². The van der Waals surface area contributed by atoms with Crippen LogP contribution in [0.5, 0.6) is 11.5 Å². The fourth-order valence-electron chi connectivity index (χ4n) is 11.2. The Labute approximate surface area is 425 Å². The van der Waals surface area contributed by atoms with E-state index < -0.39 is 31.9 Å². The molecule has 0 aromatic heterocycles. The number of amides is 2. The van der Waals surface area contributed by atoms with E-state index >= 15 is 0 Å². The first-order valence-corrected chi connectivity index (χ1v) is 28.4. The summed E-state index contributed by atoms with van der Waals surface area (Å²) in [5.74, 6) is 1.13. The predicted octanol–water partition coefficient (Wildman–Crippen LogP) is 5.46. The lowest BCUT2D eigenvalue weighted by atomic mass is 9.78. The molecule has 2 aromatic carbocycles. The van der Waals surface area contributed by atoms with Crippen molar-refractivity contribution in [3.8, 4) is 11.5 Å². The summed E-state index contributed by atoms with van der Waals surface area (Å²) in [7, 11) is -2.94. The molecule has 5 aliphatic heterocycles. The number of methoxy groups -OCH3 is 2. The molecule has 2 aromatic rings. The highest BCUT2D eigenvalue weighted by molar-refractivity contribution is 7.89. The lowest BCUT2D eigenvalue weighted by Crippen LogP contribution is -2.57. The number of piperidine rings is 2. The van der Waals surface area contributed by atoms with Gasteiger partial charge in [-0.05, 0) is 171 Å². The van der Waals surface area contributed by atoms with Gasteiger partial charge in [0.05, 0.1) is 42.8 Å². The number of hydrogen-bond donors (Lipinski definition) is 0. The number of likely N-dealkylation sites (tertiary alicyclic amines) is 4. The van der Waals surface area contributed by atoms with Gasteiger partial charge in [0, 0.05) is 65.4 Å². The number of benzene rings is 2. The van der Waals surface area contributed by atoms with Gasteiger partial charge in [0.25, 0.3) is 0 Å². The first-order valence-electron chi connectivity index (χ1n) is 25.5. The molecule has 1 unspecified atom stereocenters. The van der Waals surface area contributed by atoms with Gasteiger partial charge in [-0.2, -0.15) is 8.61 Å². The van der Waals surface area contributed by atoms with Gasteiger partial charge >= 0.3 is 0 Å². The molecule has 400 valence electrons. The van der Waals surface area contributed by atoms with E-state index in [0.717, 1.165) is 84.6 Å². The molecule has 2 spiro atoms. The fourth-order valence-corrected chi connectivity index (χ4v) is 14.9. The van der Waals surface area contributed by atoms with Crippen LogP contribution < -0.4 is 9.47 Å². The Kier molecular flexibility index (Phi) is 18.8. The van der Waals surface area contributed by atoms with E-state index in [9.17, 15) is 26.4 Å². The van der Waals surface area contributed by atoms with E-state index in [4.69, 9.17) is 23.7 Å². The number of ether oxygens (including phenoxy) is 5. The SMILES string of the molecule is CCN1CCC2(CCN(C(=O)COC3COC(C)(C)CN3S(=O)(=O)c3c(C)cc(OC)cc3C)CC2)C1.COc1cc(C)c(S(=O)(=O)N(C)CCOCC(=O)N2CCC3(CC2)CCN(C(C)C)C3)c(C)c1. The Morgan fingerprint density at radius 3 is 1.68 bits per heavy atom. The zero-order valence-corrected chi connectivity index (χ0v) is 46.4. The van der Waals surface area contributed by atoms with E-state index in [2.05, 4.69) is 30.6 Å². The molecule has 5 saturated heterocycles. The Balaban J connectivity index is 0.000000233. The first kappa shape index (κ1) is 56.9. The van der Waals surface area contributed by atoms with Gasteiger partial charge in [0.15, 0.2) is 0 Å². The summed E-state index contributed by atoms with van der Waals surface area (Å²) < 4.78 is 84.7. The molecule has 7 rings (SSSR count). The van der Waals surface area contributed by atoms with Crippen molar-refractivity contribution in [3.05, 3.63) is 46.5 Å². The summed E-state index contributed by atoms with van der Waals surface area (Å²) in [6, 6.07) is 7.46. The third kappa shape index (κ3) is 13.5. The minimum atomic E-state index is -3.92. The van der Waals surface area contributed by atoms with Crippen molar-refractivity contribution >= 4 is 31.9 Å². The molecular weight excluding hydrogens is 949 g/mol. The van der Waals surface area contributed by atoms with Gasteiger partial charge in [-0.3, -0.25) is 9.59 Å². The predicted molar refractivity (Wildman–Crippen MR) is 274 cm³/mol. The largest absolute Gasteiger partial charge is 0.497 e. The number of carbonyl (C=O) groups excluding carboxylic acids is 2. The molecule has 0 saturated carbocycles. The quantitative estimate of drug-likeness (QED) is 0.195. The summed E-state index contributed by atoms with van der Waals surface area (Å²) in [5.41, 5.74) is 2.49. The van der Waals surface area contributed by atoms with E-state index in [1.54, 1.807) is 66.2 Å². The molecule has 2 amide bonds. The Bertz CT molecular complexity index is 2350. The minimum absolute atomic E-state index is 0.0130. The second-order valence-electron chi connectivity index (χ2n) is 21.6. The van der Waals surface area contributed by atoms with Crippen LogP contribution in [-0.4, -0.2) is 194 Å². The van der Waals surface area contributed by atoms with Gasteiger partial charge in [-0.15, -0.1) is 0 Å². The van der Waals surface area contributed by atoms with Crippen molar-refractivity contribution in [2.75, 3.05) is 120 Å². The number of sulfonamides is 2. The normalized spacial score (nSPS) is 21.8. The minimum Gasteiger partial charge on any atom is -0.497 e. The number of nitrogens with zero attached hydrogens (tertiary/aromatic N) is 6. The van der Waals surface area contributed by atoms with Crippen LogP contribution in [0.3, 0.4) is 0 Å². The summed E-state index contributed by atoms with van der Waals surface area (Å²) >= 11 is 0. The number of aryl methyl sites for hydroxylation is 4. The van der Waals surface area contributed by atoms with Crippen LogP contribution in [0.25, 0.3) is 0 Å². The topological polar surface area (TPSA) is 168 Å². The van der Waals surface area contributed by atoms with E-state index in [-0.39, 0.29) is 61.1 Å². The molecule has 0 radical (unpaired) electrons. The maximum atomic E-state index is 13.9. The lowest BCUT2D eigenvalue weighted by Gasteiger charge is -2.43. The molecule has 71 heavy (non-hydrogen) atoms. The van der Waals surface area contributed by atoms with Gasteiger partial charge in [-0.1, -0.05) is 6.92 Å².